The van der Waals surface area contributed by atoms with Gasteiger partial charge < -0.3 is 25.8 Å². The molecule has 0 saturated heterocycles. The number of unbranched alkanes of at least 4 members (excludes halogenated alkanes) is 3. The molecule has 0 radical (unpaired) electrons. The minimum atomic E-state index is -0.0340. The number of thiazole rings is 1. The molecule has 5 N–H and O–H groups in total. The highest BCUT2D eigenvalue weighted by Crippen LogP contribution is 2.42. The number of nitrogens with zero attached hydrogens (tertiary/aromatic N) is 1. The molecule has 1 aliphatic carbocycles. The number of rotatable bonds is 10. The molecule has 0 bridgehead atoms. The second-order valence-corrected chi connectivity index (χ2v) is 10.2. The average molecular weight is 470 g/mol. The van der Waals surface area contributed by atoms with Gasteiger partial charge in [0.1, 0.15) is 0 Å². The maximum atomic E-state index is 11.8. The van der Waals surface area contributed by atoms with Crippen LogP contribution in [0.3, 0.4) is 0 Å². The summed E-state index contributed by atoms with van der Waals surface area (Å²) in [6.07, 6.45) is 8.22. The monoisotopic (exact) mass is 469 g/mol. The van der Waals surface area contributed by atoms with Gasteiger partial charge in [0, 0.05) is 18.7 Å². The largest absolute Gasteiger partial charge is 0.504 e. The van der Waals surface area contributed by atoms with Crippen LogP contribution >= 0.6 is 11.3 Å². The molecule has 6 nitrogen and oxygen atoms in total. The van der Waals surface area contributed by atoms with Crippen molar-refractivity contribution in [1.29, 1.82) is 0 Å². The van der Waals surface area contributed by atoms with Gasteiger partial charge in [0.15, 0.2) is 11.5 Å². The summed E-state index contributed by atoms with van der Waals surface area (Å²) in [5.74, 6) is 0.266. The zero-order chi connectivity index (χ0) is 23.4. The standard InChI is InChI=1S/C26H35N3O3S/c1-29-22-11-7-17(16-24(22)33-26(29)32)13-15-28-14-5-3-2-4-6-19-18-9-12-23(30)25(31)20(18)8-10-21(19)27/h7,9,11-12,16,19,21,28,30-31H,2-6,8,10,13-15,27H2,1H3. The molecule has 7 heteroatoms. The van der Waals surface area contributed by atoms with Crippen molar-refractivity contribution < 1.29 is 10.2 Å². The first-order valence-electron chi connectivity index (χ1n) is 12.0. The molecule has 178 valence electrons. The molecule has 2 aromatic carbocycles. The van der Waals surface area contributed by atoms with Crippen LogP contribution in [0.2, 0.25) is 0 Å². The molecule has 4 rings (SSSR count). The second-order valence-electron chi connectivity index (χ2n) is 9.24. The van der Waals surface area contributed by atoms with Gasteiger partial charge in [-0.2, -0.15) is 0 Å². The number of hydrogen-bond donors (Lipinski definition) is 4. The normalized spacial score (nSPS) is 18.0. The number of fused-ring (bicyclic) bond motifs is 2. The lowest BCUT2D eigenvalue weighted by atomic mass is 9.76. The van der Waals surface area contributed by atoms with E-state index in [4.69, 9.17) is 5.73 Å². The van der Waals surface area contributed by atoms with E-state index in [2.05, 4.69) is 17.4 Å². The summed E-state index contributed by atoms with van der Waals surface area (Å²) >= 11 is 1.31. The third-order valence-electron chi connectivity index (χ3n) is 7.01. The van der Waals surface area contributed by atoms with E-state index in [9.17, 15) is 15.0 Å². The van der Waals surface area contributed by atoms with Crippen LogP contribution in [-0.4, -0.2) is 33.9 Å². The van der Waals surface area contributed by atoms with Crippen LogP contribution in [0.25, 0.3) is 10.2 Å². The van der Waals surface area contributed by atoms with Gasteiger partial charge in [0.2, 0.25) is 0 Å². The van der Waals surface area contributed by atoms with Crippen molar-refractivity contribution in [2.24, 2.45) is 12.8 Å². The molecule has 0 fully saturated rings. The summed E-state index contributed by atoms with van der Waals surface area (Å²) < 4.78 is 2.77. The fourth-order valence-corrected chi connectivity index (χ4v) is 5.96. The Hall–Kier alpha value is -2.35. The number of benzene rings is 2. The molecule has 0 spiro atoms. The van der Waals surface area contributed by atoms with Crippen molar-refractivity contribution in [3.8, 4) is 11.5 Å². The van der Waals surface area contributed by atoms with Gasteiger partial charge in [-0.15, -0.1) is 0 Å². The van der Waals surface area contributed by atoms with E-state index in [0.717, 1.165) is 73.0 Å². The van der Waals surface area contributed by atoms with E-state index < -0.39 is 0 Å². The number of aromatic nitrogens is 1. The first-order chi connectivity index (χ1) is 16.0. The Morgan fingerprint density at radius 1 is 1.12 bits per heavy atom. The Morgan fingerprint density at radius 3 is 2.79 bits per heavy atom. The fraction of sp³-hybridized carbons (Fsp3) is 0.500. The van der Waals surface area contributed by atoms with Crippen molar-refractivity contribution >= 4 is 21.6 Å². The van der Waals surface area contributed by atoms with Gasteiger partial charge >= 0.3 is 4.87 Å². The third-order valence-corrected chi connectivity index (χ3v) is 8.00. The number of aromatic hydroxyl groups is 2. The second kappa shape index (κ2) is 10.7. The molecule has 1 aromatic heterocycles. The highest BCUT2D eigenvalue weighted by molar-refractivity contribution is 7.16. The minimum Gasteiger partial charge on any atom is -0.504 e. The number of aryl methyl sites for hydroxylation is 1. The number of nitrogens with one attached hydrogen (secondary N) is 1. The van der Waals surface area contributed by atoms with Crippen molar-refractivity contribution in [2.45, 2.75) is 63.3 Å². The van der Waals surface area contributed by atoms with E-state index in [0.29, 0.717) is 0 Å². The van der Waals surface area contributed by atoms with Crippen LogP contribution < -0.4 is 15.9 Å². The molecule has 1 heterocycles. The van der Waals surface area contributed by atoms with Gasteiger partial charge in [0.05, 0.1) is 10.2 Å². The summed E-state index contributed by atoms with van der Waals surface area (Å²) in [4.78, 5) is 11.9. The SMILES string of the molecule is Cn1c(=O)sc2cc(CCNCCCCCCC3c4ccc(O)c(O)c4CCC3N)ccc21. The molecule has 0 saturated carbocycles. The highest BCUT2D eigenvalue weighted by atomic mass is 32.1. The molecule has 3 aromatic rings. The van der Waals surface area contributed by atoms with E-state index in [1.54, 1.807) is 10.6 Å². The van der Waals surface area contributed by atoms with Crippen molar-refractivity contribution in [3.63, 3.8) is 0 Å². The molecule has 2 atom stereocenters. The molecule has 2 unspecified atom stereocenters. The molecule has 33 heavy (non-hydrogen) atoms. The summed E-state index contributed by atoms with van der Waals surface area (Å²) in [6, 6.07) is 9.95. The van der Waals surface area contributed by atoms with Crippen molar-refractivity contribution in [1.82, 2.24) is 9.88 Å². The summed E-state index contributed by atoms with van der Waals surface area (Å²) in [7, 11) is 1.82. The molecule has 0 amide bonds. The number of phenols is 2. The Balaban J connectivity index is 1.13. The Kier molecular flexibility index (Phi) is 7.73. The number of phenolic OH excluding ortho intramolecular Hbond substituents is 2. The van der Waals surface area contributed by atoms with Crippen molar-refractivity contribution in [3.05, 3.63) is 56.7 Å². The lowest BCUT2D eigenvalue weighted by molar-refractivity contribution is 0.380. The first kappa shape index (κ1) is 23.8. The van der Waals surface area contributed by atoms with Crippen LogP contribution in [0.15, 0.2) is 35.1 Å². The lowest BCUT2D eigenvalue weighted by Gasteiger charge is -2.32. The van der Waals surface area contributed by atoms with E-state index in [1.807, 2.05) is 19.2 Å². The third kappa shape index (κ3) is 5.42. The minimum absolute atomic E-state index is 0.0340. The lowest BCUT2D eigenvalue weighted by Crippen LogP contribution is -2.33. The van der Waals surface area contributed by atoms with Gasteiger partial charge in [-0.25, -0.2) is 0 Å². The van der Waals surface area contributed by atoms with Crippen molar-refractivity contribution in [2.75, 3.05) is 13.1 Å². The van der Waals surface area contributed by atoms with E-state index in [-0.39, 0.29) is 28.3 Å². The fourth-order valence-electron chi connectivity index (χ4n) is 5.02. The summed E-state index contributed by atoms with van der Waals surface area (Å²) in [6.45, 7) is 1.96. The predicted molar refractivity (Wildman–Crippen MR) is 136 cm³/mol. The van der Waals surface area contributed by atoms with Crippen LogP contribution in [0, 0.1) is 0 Å². The quantitative estimate of drug-likeness (QED) is 0.264. The molecular formula is C26H35N3O3S. The van der Waals surface area contributed by atoms with Crippen LogP contribution in [0.1, 0.15) is 61.1 Å². The Labute approximate surface area is 199 Å². The smallest absolute Gasteiger partial charge is 0.307 e. The topological polar surface area (TPSA) is 101 Å². The molecular weight excluding hydrogens is 434 g/mol. The average Bonchev–Trinajstić information content (AvgIpc) is 3.09. The number of nitrogens with two attached hydrogens (primary N) is 1. The number of hydrogen-bond acceptors (Lipinski definition) is 6. The molecule has 1 aliphatic rings. The zero-order valence-corrected chi connectivity index (χ0v) is 20.2. The Bertz CT molecular complexity index is 1150. The maximum Gasteiger partial charge on any atom is 0.307 e. The van der Waals surface area contributed by atoms with E-state index in [1.165, 1.54) is 29.7 Å². The van der Waals surface area contributed by atoms with Gasteiger partial charge in [-0.05, 0) is 80.4 Å². The first-order valence-corrected chi connectivity index (χ1v) is 12.9. The summed E-state index contributed by atoms with van der Waals surface area (Å²) in [5.41, 5.74) is 10.7. The molecule has 0 aliphatic heterocycles. The predicted octanol–water partition coefficient (Wildman–Crippen LogP) is 4.15. The van der Waals surface area contributed by atoms with E-state index >= 15 is 0 Å². The van der Waals surface area contributed by atoms with Crippen LogP contribution in [0.5, 0.6) is 11.5 Å². The van der Waals surface area contributed by atoms with Crippen LogP contribution in [0.4, 0.5) is 0 Å². The summed E-state index contributed by atoms with van der Waals surface area (Å²) in [5, 5.41) is 23.5. The Morgan fingerprint density at radius 2 is 1.94 bits per heavy atom. The van der Waals surface area contributed by atoms with Gasteiger partial charge in [0.25, 0.3) is 0 Å². The van der Waals surface area contributed by atoms with Gasteiger partial charge in [-0.3, -0.25) is 4.79 Å². The maximum absolute atomic E-state index is 11.8. The van der Waals surface area contributed by atoms with Gasteiger partial charge in [-0.1, -0.05) is 42.7 Å². The highest BCUT2D eigenvalue weighted by Gasteiger charge is 2.29. The zero-order valence-electron chi connectivity index (χ0n) is 19.3. The van der Waals surface area contributed by atoms with Crippen LogP contribution in [-0.2, 0) is 19.9 Å².